The average molecular weight is 356 g/mol. The maximum Gasteiger partial charge on any atom is 0.240 e. The highest BCUT2D eigenvalue weighted by Crippen LogP contribution is 2.17. The molecule has 4 nitrogen and oxygen atoms in total. The van der Waals surface area contributed by atoms with Crippen molar-refractivity contribution in [2.75, 3.05) is 12.3 Å². The predicted octanol–water partition coefficient (Wildman–Crippen LogP) is 3.16. The van der Waals surface area contributed by atoms with Crippen LogP contribution in [0.2, 0.25) is 0 Å². The molecule has 2 aromatic rings. The van der Waals surface area contributed by atoms with Crippen molar-refractivity contribution in [2.45, 2.75) is 17.6 Å². The lowest BCUT2D eigenvalue weighted by Crippen LogP contribution is -2.26. The molecule has 2 rings (SSSR count). The second-order valence-electron chi connectivity index (χ2n) is 4.61. The fraction of sp³-hybridized carbons (Fsp3) is 0.267. The van der Waals surface area contributed by atoms with Crippen LogP contribution in [0.1, 0.15) is 22.2 Å². The number of rotatable bonds is 8. The van der Waals surface area contributed by atoms with Gasteiger partial charge in [0.2, 0.25) is 10.0 Å². The molecule has 0 fully saturated rings. The molecule has 22 heavy (non-hydrogen) atoms. The van der Waals surface area contributed by atoms with E-state index in [1.54, 1.807) is 35.2 Å². The average Bonchev–Trinajstić information content (AvgIpc) is 3.00. The first-order valence-electron chi connectivity index (χ1n) is 6.70. The lowest BCUT2D eigenvalue weighted by atomic mass is 10.2. The number of hydrogen-bond donors (Lipinski definition) is 1. The zero-order valence-corrected chi connectivity index (χ0v) is 14.6. The molecule has 0 spiro atoms. The summed E-state index contributed by atoms with van der Waals surface area (Å²) in [6.07, 6.45) is 0. The molecule has 0 aliphatic rings. The number of Topliss-reactive ketones (excluding diaryl/α,β-unsaturated/α-hetero) is 1. The Labute approximate surface area is 139 Å². The minimum absolute atomic E-state index is 0.128. The largest absolute Gasteiger partial charge is 0.295 e. The van der Waals surface area contributed by atoms with Crippen molar-refractivity contribution in [1.82, 2.24) is 4.72 Å². The van der Waals surface area contributed by atoms with E-state index in [9.17, 15) is 13.2 Å². The molecule has 1 N–H and O–H groups in total. The van der Waals surface area contributed by atoms with Crippen LogP contribution in [0.25, 0.3) is 0 Å². The number of thiophene rings is 1. The summed E-state index contributed by atoms with van der Waals surface area (Å²) in [6.45, 7) is 1.78. The first kappa shape index (κ1) is 17.2. The number of carbonyl (C=O) groups excluding carboxylic acids is 1. The van der Waals surface area contributed by atoms with Crippen molar-refractivity contribution in [1.29, 1.82) is 0 Å². The summed E-state index contributed by atoms with van der Waals surface area (Å²) in [5.41, 5.74) is 0.398. The van der Waals surface area contributed by atoms with Crippen molar-refractivity contribution in [2.24, 2.45) is 0 Å². The van der Waals surface area contributed by atoms with Gasteiger partial charge in [-0.05, 0) is 30.5 Å². The van der Waals surface area contributed by atoms with E-state index in [1.807, 2.05) is 11.4 Å². The molecular weight excluding hydrogens is 338 g/mol. The Kier molecular flexibility index (Phi) is 6.19. The summed E-state index contributed by atoms with van der Waals surface area (Å²) in [7, 11) is -3.56. The fourth-order valence-corrected chi connectivity index (χ4v) is 4.69. The molecule has 0 aliphatic heterocycles. The molecule has 0 saturated carbocycles. The molecule has 0 aliphatic carbocycles. The second-order valence-corrected chi connectivity index (χ2v) is 8.52. The Morgan fingerprint density at radius 3 is 2.77 bits per heavy atom. The quantitative estimate of drug-likeness (QED) is 0.583. The normalized spacial score (nSPS) is 11.5. The van der Waals surface area contributed by atoms with Gasteiger partial charge in [-0.2, -0.15) is 11.8 Å². The van der Waals surface area contributed by atoms with Crippen LogP contribution in [0, 0.1) is 0 Å². The number of thioether (sulfide) groups is 1. The fourth-order valence-electron chi connectivity index (χ4n) is 1.78. The standard InChI is InChI=1S/C15H17NO3S3/c1-12(17)13-4-2-6-15(10-13)22(18,19)16-7-9-20-11-14-5-3-8-21-14/h2-6,8,10,16H,7,9,11H2,1H3. The van der Waals surface area contributed by atoms with E-state index < -0.39 is 10.0 Å². The Balaban J connectivity index is 1.85. The number of nitrogens with one attached hydrogen (secondary N) is 1. The lowest BCUT2D eigenvalue weighted by molar-refractivity contribution is 0.101. The summed E-state index contributed by atoms with van der Waals surface area (Å²) < 4.78 is 26.9. The molecule has 0 unspecified atom stereocenters. The molecule has 1 heterocycles. The Hall–Kier alpha value is -1.15. The van der Waals surface area contributed by atoms with Gasteiger partial charge in [-0.15, -0.1) is 11.3 Å². The van der Waals surface area contributed by atoms with Crippen molar-refractivity contribution in [3.8, 4) is 0 Å². The third-order valence-corrected chi connectivity index (χ3v) is 6.44. The van der Waals surface area contributed by atoms with E-state index in [0.717, 1.165) is 5.75 Å². The molecule has 0 bridgehead atoms. The van der Waals surface area contributed by atoms with Gasteiger partial charge in [0.25, 0.3) is 0 Å². The zero-order chi connectivity index (χ0) is 16.0. The molecule has 1 aromatic carbocycles. The summed E-state index contributed by atoms with van der Waals surface area (Å²) >= 11 is 3.38. The molecule has 0 atom stereocenters. The Bertz CT molecular complexity index is 724. The third kappa shape index (κ3) is 4.95. The smallest absolute Gasteiger partial charge is 0.240 e. The highest BCUT2D eigenvalue weighted by molar-refractivity contribution is 7.98. The zero-order valence-electron chi connectivity index (χ0n) is 12.1. The van der Waals surface area contributed by atoms with Crippen molar-refractivity contribution in [3.63, 3.8) is 0 Å². The number of hydrogen-bond acceptors (Lipinski definition) is 5. The molecule has 0 amide bonds. The van der Waals surface area contributed by atoms with Gasteiger partial charge < -0.3 is 0 Å². The molecule has 7 heteroatoms. The van der Waals surface area contributed by atoms with E-state index >= 15 is 0 Å². The SMILES string of the molecule is CC(=O)c1cccc(S(=O)(=O)NCCSCc2cccs2)c1. The molecular formula is C15H17NO3S3. The van der Waals surface area contributed by atoms with Crippen LogP contribution in [0.3, 0.4) is 0 Å². The lowest BCUT2D eigenvalue weighted by Gasteiger charge is -2.07. The summed E-state index contributed by atoms with van der Waals surface area (Å²) in [6, 6.07) is 10.2. The Morgan fingerprint density at radius 1 is 1.27 bits per heavy atom. The van der Waals surface area contributed by atoms with Crippen LogP contribution in [-0.4, -0.2) is 26.5 Å². The summed E-state index contributed by atoms with van der Waals surface area (Å²) in [5, 5.41) is 2.03. The molecule has 0 radical (unpaired) electrons. The van der Waals surface area contributed by atoms with E-state index in [1.165, 1.54) is 23.9 Å². The third-order valence-electron chi connectivity index (χ3n) is 2.91. The number of carbonyl (C=O) groups is 1. The summed E-state index contributed by atoms with van der Waals surface area (Å²) in [5.74, 6) is 1.44. The van der Waals surface area contributed by atoms with Crippen LogP contribution in [0.5, 0.6) is 0 Å². The minimum atomic E-state index is -3.56. The molecule has 1 aromatic heterocycles. The van der Waals surface area contributed by atoms with Crippen LogP contribution in [0.4, 0.5) is 0 Å². The van der Waals surface area contributed by atoms with E-state index in [4.69, 9.17) is 0 Å². The predicted molar refractivity (Wildman–Crippen MR) is 92.1 cm³/mol. The topological polar surface area (TPSA) is 63.2 Å². The van der Waals surface area contributed by atoms with Crippen LogP contribution in [0.15, 0.2) is 46.7 Å². The van der Waals surface area contributed by atoms with Gasteiger partial charge in [0.15, 0.2) is 5.78 Å². The van der Waals surface area contributed by atoms with Gasteiger partial charge >= 0.3 is 0 Å². The first-order chi connectivity index (χ1) is 10.5. The van der Waals surface area contributed by atoms with E-state index in [0.29, 0.717) is 17.9 Å². The van der Waals surface area contributed by atoms with E-state index in [2.05, 4.69) is 10.8 Å². The van der Waals surface area contributed by atoms with Gasteiger partial charge in [-0.3, -0.25) is 4.79 Å². The number of sulfonamides is 1. The van der Waals surface area contributed by atoms with Crippen molar-refractivity contribution >= 4 is 38.9 Å². The monoisotopic (exact) mass is 355 g/mol. The Morgan fingerprint density at radius 2 is 2.09 bits per heavy atom. The highest BCUT2D eigenvalue weighted by Gasteiger charge is 2.14. The van der Waals surface area contributed by atoms with Gasteiger partial charge in [0.1, 0.15) is 0 Å². The molecule has 0 saturated heterocycles. The van der Waals surface area contributed by atoms with Gasteiger partial charge in [0.05, 0.1) is 4.90 Å². The first-order valence-corrected chi connectivity index (χ1v) is 10.2. The number of ketones is 1. The maximum absolute atomic E-state index is 12.2. The van der Waals surface area contributed by atoms with Crippen LogP contribution < -0.4 is 4.72 Å². The maximum atomic E-state index is 12.2. The highest BCUT2D eigenvalue weighted by atomic mass is 32.2. The van der Waals surface area contributed by atoms with Crippen molar-refractivity contribution in [3.05, 3.63) is 52.2 Å². The number of benzene rings is 1. The molecule has 118 valence electrons. The van der Waals surface area contributed by atoms with Gasteiger partial charge in [-0.25, -0.2) is 13.1 Å². The van der Waals surface area contributed by atoms with Gasteiger partial charge in [-0.1, -0.05) is 18.2 Å². The summed E-state index contributed by atoms with van der Waals surface area (Å²) in [4.78, 5) is 12.7. The van der Waals surface area contributed by atoms with Gasteiger partial charge in [0, 0.05) is 28.5 Å². The van der Waals surface area contributed by atoms with Crippen molar-refractivity contribution < 1.29 is 13.2 Å². The van der Waals surface area contributed by atoms with Crippen LogP contribution in [-0.2, 0) is 15.8 Å². The minimum Gasteiger partial charge on any atom is -0.295 e. The van der Waals surface area contributed by atoms with E-state index in [-0.39, 0.29) is 10.7 Å². The second kappa shape index (κ2) is 7.92. The van der Waals surface area contributed by atoms with Crippen LogP contribution >= 0.6 is 23.1 Å².